The van der Waals surface area contributed by atoms with Crippen molar-refractivity contribution in [3.05, 3.63) is 200 Å². The highest BCUT2D eigenvalue weighted by Crippen LogP contribution is 2.44. The van der Waals surface area contributed by atoms with Gasteiger partial charge in [-0.3, -0.25) is 0 Å². The highest BCUT2D eigenvalue weighted by atomic mass is 15.0. The second-order valence-electron chi connectivity index (χ2n) is 14.0. The van der Waals surface area contributed by atoms with Crippen molar-refractivity contribution >= 4 is 43.6 Å². The zero-order valence-corrected chi connectivity index (χ0v) is 30.3. The molecule has 0 atom stereocenters. The molecule has 0 radical (unpaired) electrons. The van der Waals surface area contributed by atoms with Crippen molar-refractivity contribution in [1.29, 1.82) is 0 Å². The highest BCUT2D eigenvalue weighted by Gasteiger charge is 2.22. The van der Waals surface area contributed by atoms with Crippen molar-refractivity contribution in [3.63, 3.8) is 0 Å². The largest absolute Gasteiger partial charge is 0.309 e. The molecule has 0 aliphatic heterocycles. The normalized spacial score (nSPS) is 11.6. The molecule has 3 heterocycles. The van der Waals surface area contributed by atoms with E-state index in [9.17, 15) is 0 Å². The molecule has 56 heavy (non-hydrogen) atoms. The van der Waals surface area contributed by atoms with E-state index in [0.717, 1.165) is 50.2 Å². The monoisotopic (exact) mass is 715 g/mol. The molecule has 0 saturated carbocycles. The van der Waals surface area contributed by atoms with Gasteiger partial charge in [-0.05, 0) is 60.2 Å². The predicted molar refractivity (Wildman–Crippen MR) is 230 cm³/mol. The van der Waals surface area contributed by atoms with E-state index >= 15 is 0 Å². The fraction of sp³-hybridized carbons (Fsp3) is 0. The van der Waals surface area contributed by atoms with Gasteiger partial charge in [-0.25, -0.2) is 15.0 Å². The molecule has 8 aromatic carbocycles. The van der Waals surface area contributed by atoms with Crippen LogP contribution in [0.2, 0.25) is 0 Å². The van der Waals surface area contributed by atoms with Gasteiger partial charge in [-0.1, -0.05) is 146 Å². The SMILES string of the molecule is c1ccc(-c2nc(-c3ccccc3)nc(-c3ccc(-n4c5ccccc5c5c6c7ccccc7n(-c7ccccc7)c6ccc54)c(-c4ccccc4)c3)n2)cc1. The molecule has 0 bridgehead atoms. The summed E-state index contributed by atoms with van der Waals surface area (Å²) >= 11 is 0. The van der Waals surface area contributed by atoms with E-state index in [1.165, 1.54) is 32.6 Å². The van der Waals surface area contributed by atoms with Crippen molar-refractivity contribution < 1.29 is 0 Å². The zero-order chi connectivity index (χ0) is 37.0. The molecule has 0 aliphatic carbocycles. The van der Waals surface area contributed by atoms with Crippen molar-refractivity contribution in [1.82, 2.24) is 24.1 Å². The predicted octanol–water partition coefficient (Wildman–Crippen LogP) is 12.7. The Labute approximate surface area is 323 Å². The van der Waals surface area contributed by atoms with Crippen molar-refractivity contribution in [2.75, 3.05) is 0 Å². The molecule has 0 fully saturated rings. The van der Waals surface area contributed by atoms with Crippen molar-refractivity contribution in [3.8, 4) is 56.7 Å². The molecular formula is C51H33N5. The van der Waals surface area contributed by atoms with E-state index in [0.29, 0.717) is 17.5 Å². The lowest BCUT2D eigenvalue weighted by Gasteiger charge is -2.16. The van der Waals surface area contributed by atoms with Gasteiger partial charge in [-0.15, -0.1) is 0 Å². The van der Waals surface area contributed by atoms with Gasteiger partial charge in [0.15, 0.2) is 17.5 Å². The van der Waals surface area contributed by atoms with E-state index in [4.69, 9.17) is 15.0 Å². The lowest BCUT2D eigenvalue weighted by molar-refractivity contribution is 1.07. The van der Waals surface area contributed by atoms with Crippen LogP contribution in [0.15, 0.2) is 200 Å². The molecular weight excluding hydrogens is 683 g/mol. The number of hydrogen-bond donors (Lipinski definition) is 0. The summed E-state index contributed by atoms with van der Waals surface area (Å²) in [5.74, 6) is 1.90. The molecule has 0 unspecified atom stereocenters. The van der Waals surface area contributed by atoms with Gasteiger partial charge < -0.3 is 9.13 Å². The van der Waals surface area contributed by atoms with E-state index in [1.807, 2.05) is 60.7 Å². The molecule has 0 N–H and O–H groups in total. The second kappa shape index (κ2) is 13.0. The Kier molecular flexibility index (Phi) is 7.42. The molecule has 0 amide bonds. The molecule has 0 aliphatic rings. The first kappa shape index (κ1) is 31.9. The molecule has 262 valence electrons. The molecule has 5 heteroatoms. The fourth-order valence-corrected chi connectivity index (χ4v) is 8.29. The number of benzene rings is 8. The van der Waals surface area contributed by atoms with Crippen LogP contribution in [0.3, 0.4) is 0 Å². The second-order valence-corrected chi connectivity index (χ2v) is 14.0. The molecule has 0 spiro atoms. The van der Waals surface area contributed by atoms with Crippen LogP contribution in [0.1, 0.15) is 0 Å². The lowest BCUT2D eigenvalue weighted by Crippen LogP contribution is -2.02. The van der Waals surface area contributed by atoms with Gasteiger partial charge >= 0.3 is 0 Å². The third-order valence-corrected chi connectivity index (χ3v) is 10.8. The standard InChI is InChI=1S/C51H33N5/c1-5-17-34(18-6-1)41-33-37(51-53-49(35-19-7-2-8-20-35)52-50(54-51)36-21-9-3-10-22-36)29-30-44(41)56-43-28-16-14-26-40(43)48-46(56)32-31-45-47(48)39-25-13-15-27-42(39)55(45)38-23-11-4-12-24-38/h1-33H. The molecule has 11 rings (SSSR count). The van der Waals surface area contributed by atoms with Crippen LogP contribution in [-0.4, -0.2) is 24.1 Å². The van der Waals surface area contributed by atoms with Crippen LogP contribution >= 0.6 is 0 Å². The number of fused-ring (bicyclic) bond motifs is 7. The van der Waals surface area contributed by atoms with Crippen LogP contribution < -0.4 is 0 Å². The minimum absolute atomic E-state index is 0.624. The summed E-state index contributed by atoms with van der Waals surface area (Å²) in [7, 11) is 0. The quantitative estimate of drug-likeness (QED) is 0.172. The number of nitrogens with zero attached hydrogens (tertiary/aromatic N) is 5. The third-order valence-electron chi connectivity index (χ3n) is 10.8. The Morgan fingerprint density at radius 1 is 0.304 bits per heavy atom. The Bertz CT molecular complexity index is 3160. The third kappa shape index (κ3) is 5.13. The summed E-state index contributed by atoms with van der Waals surface area (Å²) in [5.41, 5.74) is 11.9. The smallest absolute Gasteiger partial charge is 0.164 e. The van der Waals surface area contributed by atoms with Gasteiger partial charge in [0, 0.05) is 49.5 Å². The van der Waals surface area contributed by atoms with E-state index in [1.54, 1.807) is 0 Å². The summed E-state index contributed by atoms with van der Waals surface area (Å²) in [6.07, 6.45) is 0. The van der Waals surface area contributed by atoms with Gasteiger partial charge in [0.2, 0.25) is 0 Å². The van der Waals surface area contributed by atoms with Crippen LogP contribution in [-0.2, 0) is 0 Å². The first-order valence-corrected chi connectivity index (χ1v) is 18.9. The minimum atomic E-state index is 0.624. The number of rotatable bonds is 6. The topological polar surface area (TPSA) is 48.5 Å². The van der Waals surface area contributed by atoms with Crippen LogP contribution in [0, 0.1) is 0 Å². The molecule has 3 aromatic heterocycles. The fourth-order valence-electron chi connectivity index (χ4n) is 8.29. The minimum Gasteiger partial charge on any atom is -0.309 e. The summed E-state index contributed by atoms with van der Waals surface area (Å²) < 4.78 is 4.82. The molecule has 5 nitrogen and oxygen atoms in total. The summed E-state index contributed by atoms with van der Waals surface area (Å²) in [5, 5.41) is 4.94. The molecule has 0 saturated heterocycles. The Hall–Kier alpha value is -7.63. The maximum Gasteiger partial charge on any atom is 0.164 e. The van der Waals surface area contributed by atoms with Crippen molar-refractivity contribution in [2.24, 2.45) is 0 Å². The van der Waals surface area contributed by atoms with Crippen LogP contribution in [0.5, 0.6) is 0 Å². The Morgan fingerprint density at radius 3 is 1.29 bits per heavy atom. The lowest BCUT2D eigenvalue weighted by atomic mass is 10.00. The van der Waals surface area contributed by atoms with Crippen LogP contribution in [0.4, 0.5) is 0 Å². The first-order valence-electron chi connectivity index (χ1n) is 18.9. The van der Waals surface area contributed by atoms with Gasteiger partial charge in [-0.2, -0.15) is 0 Å². The highest BCUT2D eigenvalue weighted by molar-refractivity contribution is 6.29. The van der Waals surface area contributed by atoms with Gasteiger partial charge in [0.1, 0.15) is 0 Å². The average Bonchev–Trinajstić information content (AvgIpc) is 3.80. The molecule has 11 aromatic rings. The zero-order valence-electron chi connectivity index (χ0n) is 30.3. The summed E-state index contributed by atoms with van der Waals surface area (Å²) in [6, 6.07) is 70.3. The average molecular weight is 716 g/mol. The van der Waals surface area contributed by atoms with E-state index in [-0.39, 0.29) is 0 Å². The van der Waals surface area contributed by atoms with Gasteiger partial charge in [0.05, 0.1) is 27.8 Å². The van der Waals surface area contributed by atoms with Crippen LogP contribution in [0.25, 0.3) is 100 Å². The summed E-state index contributed by atoms with van der Waals surface area (Å²) in [6.45, 7) is 0. The Balaban J connectivity index is 1.19. The maximum atomic E-state index is 5.09. The number of aromatic nitrogens is 5. The van der Waals surface area contributed by atoms with E-state index in [2.05, 4.69) is 149 Å². The number of hydrogen-bond acceptors (Lipinski definition) is 3. The maximum absolute atomic E-state index is 5.09. The van der Waals surface area contributed by atoms with E-state index < -0.39 is 0 Å². The van der Waals surface area contributed by atoms with Crippen molar-refractivity contribution in [2.45, 2.75) is 0 Å². The number of para-hydroxylation sites is 3. The van der Waals surface area contributed by atoms with Gasteiger partial charge in [0.25, 0.3) is 0 Å². The first-order chi connectivity index (χ1) is 27.8. The summed E-state index contributed by atoms with van der Waals surface area (Å²) in [4.78, 5) is 15.1. The Morgan fingerprint density at radius 2 is 0.732 bits per heavy atom.